The zero-order valence-electron chi connectivity index (χ0n) is 21.8. The monoisotopic (exact) mass is 537 g/mol. The fourth-order valence-electron chi connectivity index (χ4n) is 6.35. The number of halogens is 3. The lowest BCUT2D eigenvalue weighted by Gasteiger charge is -2.37. The molecule has 3 aliphatic heterocycles. The first-order chi connectivity index (χ1) is 18.2. The van der Waals surface area contributed by atoms with E-state index >= 15 is 0 Å². The molecule has 1 N–H and O–H groups in total. The van der Waals surface area contributed by atoms with E-state index in [1.54, 1.807) is 0 Å². The van der Waals surface area contributed by atoms with Gasteiger partial charge in [-0.25, -0.2) is 4.79 Å². The Morgan fingerprint density at radius 2 is 1.66 bits per heavy atom. The molecule has 210 valence electrons. The number of benzene rings is 1. The number of ether oxygens (including phenoxy) is 2. The van der Waals surface area contributed by atoms with E-state index in [0.717, 1.165) is 82.2 Å². The lowest BCUT2D eigenvalue weighted by molar-refractivity contribution is -0.137. The number of nitrogens with one attached hydrogen (secondary N) is 1. The molecule has 0 bridgehead atoms. The quantitative estimate of drug-likeness (QED) is 0.575. The van der Waals surface area contributed by atoms with Crippen molar-refractivity contribution in [3.8, 4) is 0 Å². The second-order valence-electron chi connectivity index (χ2n) is 11.5. The summed E-state index contributed by atoms with van der Waals surface area (Å²) in [5.74, 6) is 0.600. The molecule has 2 amide bonds. The summed E-state index contributed by atoms with van der Waals surface area (Å²) in [4.78, 5) is 29.5. The van der Waals surface area contributed by atoms with Crippen LogP contribution in [0.1, 0.15) is 62.5 Å². The maximum atomic E-state index is 12.8. The van der Waals surface area contributed by atoms with Gasteiger partial charge in [0.1, 0.15) is 5.60 Å². The van der Waals surface area contributed by atoms with Crippen molar-refractivity contribution in [1.82, 2.24) is 15.1 Å². The van der Waals surface area contributed by atoms with Crippen LogP contribution < -0.4 is 5.32 Å². The maximum absolute atomic E-state index is 12.8. The van der Waals surface area contributed by atoms with Crippen molar-refractivity contribution in [1.29, 1.82) is 0 Å². The Hall–Kier alpha value is -2.33. The van der Waals surface area contributed by atoms with E-state index in [1.165, 1.54) is 12.1 Å². The maximum Gasteiger partial charge on any atom is 0.416 e. The van der Waals surface area contributed by atoms with Gasteiger partial charge in [-0.3, -0.25) is 9.69 Å². The molecule has 3 saturated heterocycles. The number of carbonyl (C=O) groups excluding carboxylic acids is 2. The Bertz CT molecular complexity index is 965. The number of piperidine rings is 1. The van der Waals surface area contributed by atoms with E-state index in [0.29, 0.717) is 38.8 Å². The first-order valence-electron chi connectivity index (χ1n) is 13.9. The van der Waals surface area contributed by atoms with Crippen molar-refractivity contribution in [3.63, 3.8) is 0 Å². The summed E-state index contributed by atoms with van der Waals surface area (Å²) in [5.41, 5.74) is -0.270. The molecule has 7 nitrogen and oxygen atoms in total. The standard InChI is InChI=1S/C28H38F3N3O4/c29-28(30,31)23-7-3-20(4-8-23)17-33-13-11-27(12-14-33)19-34(26(36)38-27)18-21-1-5-22(6-2-21)25(35)32-24-9-15-37-16-10-24/h3-4,7-8,21-22,24H,1-2,5-6,9-19H2,(H,32,35). The number of carbonyl (C=O) groups is 2. The Kier molecular flexibility index (Phi) is 8.19. The molecule has 5 rings (SSSR count). The van der Waals surface area contributed by atoms with E-state index in [9.17, 15) is 22.8 Å². The molecule has 4 aliphatic rings. The van der Waals surface area contributed by atoms with Crippen molar-refractivity contribution < 1.29 is 32.2 Å². The van der Waals surface area contributed by atoms with Crippen LogP contribution in [0.4, 0.5) is 18.0 Å². The van der Waals surface area contributed by atoms with Crippen LogP contribution in [0, 0.1) is 11.8 Å². The minimum Gasteiger partial charge on any atom is -0.441 e. The smallest absolute Gasteiger partial charge is 0.416 e. The summed E-state index contributed by atoms with van der Waals surface area (Å²) in [7, 11) is 0. The molecule has 1 spiro atoms. The van der Waals surface area contributed by atoms with Gasteiger partial charge in [0.25, 0.3) is 0 Å². The normalized spacial score (nSPS) is 26.9. The van der Waals surface area contributed by atoms with Gasteiger partial charge in [-0.15, -0.1) is 0 Å². The number of hydrogen-bond donors (Lipinski definition) is 1. The van der Waals surface area contributed by atoms with Crippen LogP contribution in [0.15, 0.2) is 24.3 Å². The molecular formula is C28H38F3N3O4. The lowest BCUT2D eigenvalue weighted by Crippen LogP contribution is -2.47. The Morgan fingerprint density at radius 3 is 2.29 bits per heavy atom. The number of alkyl halides is 3. The number of likely N-dealkylation sites (tertiary alicyclic amines) is 1. The van der Waals surface area contributed by atoms with Crippen LogP contribution >= 0.6 is 0 Å². The van der Waals surface area contributed by atoms with Crippen molar-refractivity contribution in [3.05, 3.63) is 35.4 Å². The summed E-state index contributed by atoms with van der Waals surface area (Å²) in [5, 5.41) is 3.20. The molecule has 3 heterocycles. The number of hydrogen-bond acceptors (Lipinski definition) is 5. The first-order valence-corrected chi connectivity index (χ1v) is 13.9. The van der Waals surface area contributed by atoms with Gasteiger partial charge in [-0.2, -0.15) is 13.2 Å². The Morgan fingerprint density at radius 1 is 1.00 bits per heavy atom. The van der Waals surface area contributed by atoms with Gasteiger partial charge in [0, 0.05) is 64.2 Å². The van der Waals surface area contributed by atoms with Gasteiger partial charge in [0.05, 0.1) is 12.1 Å². The van der Waals surface area contributed by atoms with Crippen LogP contribution in [0.25, 0.3) is 0 Å². The summed E-state index contributed by atoms with van der Waals surface area (Å²) in [6, 6.07) is 5.56. The topological polar surface area (TPSA) is 71.1 Å². The third-order valence-electron chi connectivity index (χ3n) is 8.76. The zero-order chi connectivity index (χ0) is 26.8. The third-order valence-corrected chi connectivity index (χ3v) is 8.76. The van der Waals surface area contributed by atoms with Crippen molar-refractivity contribution in [2.45, 2.75) is 75.7 Å². The van der Waals surface area contributed by atoms with Crippen LogP contribution in [0.5, 0.6) is 0 Å². The second kappa shape index (κ2) is 11.4. The summed E-state index contributed by atoms with van der Waals surface area (Å²) in [6.07, 6.45) is 2.20. The molecule has 10 heteroatoms. The highest BCUT2D eigenvalue weighted by molar-refractivity contribution is 5.79. The SMILES string of the molecule is O=C(NC1CCOCC1)C1CCC(CN2CC3(CCN(Cc4ccc(C(F)(F)F)cc4)CC3)OC2=O)CC1. The molecule has 1 aromatic carbocycles. The van der Waals surface area contributed by atoms with E-state index in [2.05, 4.69) is 10.2 Å². The van der Waals surface area contributed by atoms with Gasteiger partial charge in [0.2, 0.25) is 5.91 Å². The molecule has 0 aromatic heterocycles. The van der Waals surface area contributed by atoms with Crippen molar-refractivity contribution in [2.24, 2.45) is 11.8 Å². The van der Waals surface area contributed by atoms with Crippen LogP contribution in [-0.4, -0.2) is 72.8 Å². The highest BCUT2D eigenvalue weighted by Gasteiger charge is 2.47. The lowest BCUT2D eigenvalue weighted by atomic mass is 9.81. The average Bonchev–Trinajstić information content (AvgIpc) is 3.20. The molecule has 38 heavy (non-hydrogen) atoms. The number of rotatable bonds is 6. The number of amides is 2. The summed E-state index contributed by atoms with van der Waals surface area (Å²) >= 11 is 0. The van der Waals surface area contributed by atoms with Gasteiger partial charge < -0.3 is 19.7 Å². The molecule has 1 aromatic rings. The van der Waals surface area contributed by atoms with Crippen LogP contribution in [-0.2, 0) is 27.0 Å². The predicted molar refractivity (Wildman–Crippen MR) is 134 cm³/mol. The Labute approximate surface area is 222 Å². The van der Waals surface area contributed by atoms with E-state index in [1.807, 2.05) is 4.90 Å². The molecular weight excluding hydrogens is 499 g/mol. The van der Waals surface area contributed by atoms with E-state index in [-0.39, 0.29) is 24.0 Å². The second-order valence-corrected chi connectivity index (χ2v) is 11.5. The van der Waals surface area contributed by atoms with E-state index < -0.39 is 17.3 Å². The summed E-state index contributed by atoms with van der Waals surface area (Å²) < 4.78 is 49.7. The molecule has 1 aliphatic carbocycles. The fourth-order valence-corrected chi connectivity index (χ4v) is 6.35. The number of nitrogens with zero attached hydrogens (tertiary/aromatic N) is 2. The molecule has 0 atom stereocenters. The highest BCUT2D eigenvalue weighted by Crippen LogP contribution is 2.36. The van der Waals surface area contributed by atoms with Crippen molar-refractivity contribution in [2.75, 3.05) is 39.4 Å². The van der Waals surface area contributed by atoms with Gasteiger partial charge in [0.15, 0.2) is 0 Å². The largest absolute Gasteiger partial charge is 0.441 e. The van der Waals surface area contributed by atoms with Gasteiger partial charge in [-0.1, -0.05) is 12.1 Å². The van der Waals surface area contributed by atoms with Crippen molar-refractivity contribution >= 4 is 12.0 Å². The highest BCUT2D eigenvalue weighted by atomic mass is 19.4. The first kappa shape index (κ1) is 27.2. The summed E-state index contributed by atoms with van der Waals surface area (Å²) in [6.45, 7) is 4.72. The molecule has 1 saturated carbocycles. The van der Waals surface area contributed by atoms with Crippen LogP contribution in [0.3, 0.4) is 0 Å². The fraction of sp³-hybridized carbons (Fsp3) is 0.714. The zero-order valence-corrected chi connectivity index (χ0v) is 21.8. The minimum absolute atomic E-state index is 0.0555. The molecule has 0 unspecified atom stereocenters. The third kappa shape index (κ3) is 6.62. The molecule has 4 fully saturated rings. The minimum atomic E-state index is -4.33. The van der Waals surface area contributed by atoms with Gasteiger partial charge >= 0.3 is 12.3 Å². The molecule has 0 radical (unpaired) electrons. The predicted octanol–water partition coefficient (Wildman–Crippen LogP) is 4.59. The van der Waals surface area contributed by atoms with E-state index in [4.69, 9.17) is 9.47 Å². The van der Waals surface area contributed by atoms with Crippen LogP contribution in [0.2, 0.25) is 0 Å². The Balaban J connectivity index is 1.04. The average molecular weight is 538 g/mol. The van der Waals surface area contributed by atoms with Gasteiger partial charge in [-0.05, 0) is 62.1 Å².